The molecule has 0 saturated heterocycles. The Balaban J connectivity index is 1.95. The van der Waals surface area contributed by atoms with Gasteiger partial charge in [-0.2, -0.15) is 0 Å². The molecule has 120 valence electrons. The van der Waals surface area contributed by atoms with Crippen LogP contribution < -0.4 is 15.4 Å². The predicted octanol–water partition coefficient (Wildman–Crippen LogP) is 2.57. The number of carbonyl (C=O) groups is 2. The van der Waals surface area contributed by atoms with Crippen LogP contribution in [-0.4, -0.2) is 18.9 Å². The van der Waals surface area contributed by atoms with Crippen molar-refractivity contribution in [2.45, 2.75) is 20.4 Å². The molecule has 0 unspecified atom stereocenters. The lowest BCUT2D eigenvalue weighted by atomic mass is 10.1. The first-order valence-electron chi connectivity index (χ1n) is 7.29. The second-order valence-electron chi connectivity index (χ2n) is 5.24. The Kier molecular flexibility index (Phi) is 5.36. The summed E-state index contributed by atoms with van der Waals surface area (Å²) in [7, 11) is 1.58. The molecule has 0 heterocycles. The number of methoxy groups -OCH3 is 1. The van der Waals surface area contributed by atoms with Crippen LogP contribution in [0.25, 0.3) is 0 Å². The summed E-state index contributed by atoms with van der Waals surface area (Å²) in [6.07, 6.45) is 0. The van der Waals surface area contributed by atoms with Crippen LogP contribution in [0.1, 0.15) is 16.7 Å². The average molecular weight is 312 g/mol. The molecule has 0 atom stereocenters. The van der Waals surface area contributed by atoms with Crippen LogP contribution in [0, 0.1) is 13.8 Å². The molecule has 2 N–H and O–H groups in total. The van der Waals surface area contributed by atoms with Crippen molar-refractivity contribution >= 4 is 17.5 Å². The number of nitrogens with one attached hydrogen (secondary N) is 2. The minimum atomic E-state index is -0.679. The fourth-order valence-electron chi connectivity index (χ4n) is 2.11. The van der Waals surface area contributed by atoms with E-state index in [1.165, 1.54) is 0 Å². The molecular formula is C18H20N2O3. The zero-order valence-corrected chi connectivity index (χ0v) is 13.5. The molecule has 0 fully saturated rings. The molecule has 0 saturated carbocycles. The van der Waals surface area contributed by atoms with Crippen LogP contribution in [0.3, 0.4) is 0 Å². The highest BCUT2D eigenvalue weighted by atomic mass is 16.5. The van der Waals surface area contributed by atoms with Crippen molar-refractivity contribution in [1.29, 1.82) is 0 Å². The molecule has 0 bridgehead atoms. The Morgan fingerprint density at radius 2 is 1.78 bits per heavy atom. The van der Waals surface area contributed by atoms with Gasteiger partial charge in [0.25, 0.3) is 0 Å². The van der Waals surface area contributed by atoms with E-state index in [0.717, 1.165) is 16.7 Å². The highest BCUT2D eigenvalue weighted by Crippen LogP contribution is 2.17. The van der Waals surface area contributed by atoms with Crippen molar-refractivity contribution in [3.05, 3.63) is 59.2 Å². The van der Waals surface area contributed by atoms with E-state index in [1.807, 2.05) is 50.2 Å². The maximum atomic E-state index is 12.0. The van der Waals surface area contributed by atoms with Crippen molar-refractivity contribution in [3.8, 4) is 5.75 Å². The third-order valence-electron chi connectivity index (χ3n) is 3.65. The van der Waals surface area contributed by atoms with Crippen molar-refractivity contribution in [3.63, 3.8) is 0 Å². The zero-order chi connectivity index (χ0) is 16.8. The second kappa shape index (κ2) is 7.45. The van der Waals surface area contributed by atoms with E-state index in [9.17, 15) is 9.59 Å². The number of hydrogen-bond donors (Lipinski definition) is 2. The maximum Gasteiger partial charge on any atom is 0.313 e. The molecule has 5 nitrogen and oxygen atoms in total. The zero-order valence-electron chi connectivity index (χ0n) is 13.5. The fraction of sp³-hybridized carbons (Fsp3) is 0.222. The van der Waals surface area contributed by atoms with Crippen LogP contribution in [0.2, 0.25) is 0 Å². The molecular weight excluding hydrogens is 292 g/mol. The quantitative estimate of drug-likeness (QED) is 0.853. The topological polar surface area (TPSA) is 67.4 Å². The van der Waals surface area contributed by atoms with Gasteiger partial charge in [-0.3, -0.25) is 9.59 Å². The van der Waals surface area contributed by atoms with E-state index in [0.29, 0.717) is 11.4 Å². The molecule has 2 rings (SSSR count). The number of benzene rings is 2. The smallest absolute Gasteiger partial charge is 0.313 e. The number of amides is 2. The Bertz CT molecular complexity index is 726. The number of hydrogen-bond acceptors (Lipinski definition) is 3. The largest absolute Gasteiger partial charge is 0.497 e. The molecule has 2 aromatic carbocycles. The van der Waals surface area contributed by atoms with Crippen molar-refractivity contribution in [2.75, 3.05) is 12.4 Å². The van der Waals surface area contributed by atoms with E-state index < -0.39 is 11.8 Å². The Morgan fingerprint density at radius 3 is 2.52 bits per heavy atom. The first kappa shape index (κ1) is 16.5. The summed E-state index contributed by atoms with van der Waals surface area (Å²) in [4.78, 5) is 23.9. The first-order chi connectivity index (χ1) is 11.0. The first-order valence-corrected chi connectivity index (χ1v) is 7.29. The van der Waals surface area contributed by atoms with Crippen LogP contribution in [0.5, 0.6) is 5.75 Å². The number of ether oxygens (including phenoxy) is 1. The number of rotatable bonds is 4. The normalized spacial score (nSPS) is 10.0. The van der Waals surface area contributed by atoms with E-state index in [4.69, 9.17) is 4.74 Å². The highest BCUT2D eigenvalue weighted by molar-refractivity contribution is 6.39. The monoisotopic (exact) mass is 312 g/mol. The standard InChI is InChI=1S/C18H20N2O3/c1-12-6-4-9-16(13(12)2)20-18(22)17(21)19-11-14-7-5-8-15(10-14)23-3/h4-10H,11H2,1-3H3,(H,19,21)(H,20,22). The van der Waals surface area contributed by atoms with Crippen LogP contribution in [-0.2, 0) is 16.1 Å². The molecule has 0 aromatic heterocycles. The molecule has 2 aromatic rings. The van der Waals surface area contributed by atoms with Gasteiger partial charge >= 0.3 is 11.8 Å². The summed E-state index contributed by atoms with van der Waals surface area (Å²) >= 11 is 0. The minimum absolute atomic E-state index is 0.260. The third-order valence-corrected chi connectivity index (χ3v) is 3.65. The molecule has 0 aliphatic carbocycles. The van der Waals surface area contributed by atoms with Crippen molar-refractivity contribution in [1.82, 2.24) is 5.32 Å². The Labute approximate surface area is 135 Å². The molecule has 0 radical (unpaired) electrons. The summed E-state index contributed by atoms with van der Waals surface area (Å²) < 4.78 is 5.12. The molecule has 2 amide bonds. The second-order valence-corrected chi connectivity index (χ2v) is 5.24. The fourth-order valence-corrected chi connectivity index (χ4v) is 2.11. The van der Waals surface area contributed by atoms with Gasteiger partial charge in [-0.05, 0) is 48.7 Å². The number of anilines is 1. The van der Waals surface area contributed by atoms with Gasteiger partial charge < -0.3 is 15.4 Å². The van der Waals surface area contributed by atoms with Gasteiger partial charge in [0.2, 0.25) is 0 Å². The van der Waals surface area contributed by atoms with Crippen molar-refractivity contribution in [2.24, 2.45) is 0 Å². The van der Waals surface area contributed by atoms with Gasteiger partial charge in [-0.15, -0.1) is 0 Å². The summed E-state index contributed by atoms with van der Waals surface area (Å²) in [5.41, 5.74) is 3.50. The molecule has 0 aliphatic rings. The van der Waals surface area contributed by atoms with Gasteiger partial charge in [-0.25, -0.2) is 0 Å². The summed E-state index contributed by atoms with van der Waals surface area (Å²) in [6, 6.07) is 12.9. The van der Waals surface area contributed by atoms with Crippen LogP contribution in [0.4, 0.5) is 5.69 Å². The lowest BCUT2D eigenvalue weighted by molar-refractivity contribution is -0.136. The Morgan fingerprint density at radius 1 is 1.04 bits per heavy atom. The van der Waals surface area contributed by atoms with Crippen molar-refractivity contribution < 1.29 is 14.3 Å². The van der Waals surface area contributed by atoms with E-state index >= 15 is 0 Å². The minimum Gasteiger partial charge on any atom is -0.497 e. The van der Waals surface area contributed by atoms with Crippen LogP contribution in [0.15, 0.2) is 42.5 Å². The van der Waals surface area contributed by atoms with E-state index in [1.54, 1.807) is 13.2 Å². The molecule has 5 heteroatoms. The SMILES string of the molecule is COc1cccc(CNC(=O)C(=O)Nc2cccc(C)c2C)c1. The molecule has 23 heavy (non-hydrogen) atoms. The Hall–Kier alpha value is -2.82. The van der Waals surface area contributed by atoms with Gasteiger partial charge in [0.05, 0.1) is 7.11 Å². The predicted molar refractivity (Wildman–Crippen MR) is 89.4 cm³/mol. The number of aryl methyl sites for hydroxylation is 1. The van der Waals surface area contributed by atoms with E-state index in [2.05, 4.69) is 10.6 Å². The summed E-state index contributed by atoms with van der Waals surface area (Å²) in [5.74, 6) is -0.646. The van der Waals surface area contributed by atoms with Gasteiger partial charge in [-0.1, -0.05) is 24.3 Å². The van der Waals surface area contributed by atoms with Gasteiger partial charge in [0.15, 0.2) is 0 Å². The lowest BCUT2D eigenvalue weighted by Gasteiger charge is -2.10. The highest BCUT2D eigenvalue weighted by Gasteiger charge is 2.14. The van der Waals surface area contributed by atoms with E-state index in [-0.39, 0.29) is 6.54 Å². The maximum absolute atomic E-state index is 12.0. The molecule has 0 spiro atoms. The summed E-state index contributed by atoms with van der Waals surface area (Å²) in [5, 5.41) is 5.23. The average Bonchev–Trinajstić information content (AvgIpc) is 2.57. The summed E-state index contributed by atoms with van der Waals surface area (Å²) in [6.45, 7) is 4.11. The van der Waals surface area contributed by atoms with Gasteiger partial charge in [0.1, 0.15) is 5.75 Å². The molecule has 0 aliphatic heterocycles. The number of carbonyl (C=O) groups excluding carboxylic acids is 2. The lowest BCUT2D eigenvalue weighted by Crippen LogP contribution is -2.35. The van der Waals surface area contributed by atoms with Crippen LogP contribution >= 0.6 is 0 Å². The third kappa shape index (κ3) is 4.32. The van der Waals surface area contributed by atoms with Gasteiger partial charge in [0, 0.05) is 12.2 Å².